The molecule has 2 heterocycles. The van der Waals surface area contributed by atoms with Gasteiger partial charge in [-0.25, -0.2) is 13.4 Å². The molecule has 0 N–H and O–H groups in total. The fourth-order valence-electron chi connectivity index (χ4n) is 4.34. The van der Waals surface area contributed by atoms with Crippen molar-refractivity contribution < 1.29 is 13.2 Å². The third-order valence-corrected chi connectivity index (χ3v) is 9.24. The van der Waals surface area contributed by atoms with Crippen LogP contribution in [0.25, 0.3) is 0 Å². The fraction of sp³-hybridized carbons (Fsp3) is 0.478. The number of aryl methyl sites for hydroxylation is 2. The van der Waals surface area contributed by atoms with Gasteiger partial charge in [-0.1, -0.05) is 18.6 Å². The van der Waals surface area contributed by atoms with Crippen LogP contribution in [0, 0.1) is 0 Å². The molecule has 0 bridgehead atoms. The lowest BCUT2D eigenvalue weighted by Crippen LogP contribution is -2.42. The fourth-order valence-corrected chi connectivity index (χ4v) is 7.24. The van der Waals surface area contributed by atoms with Crippen molar-refractivity contribution in [1.82, 2.24) is 9.29 Å². The van der Waals surface area contributed by atoms with E-state index in [0.717, 1.165) is 50.6 Å². The van der Waals surface area contributed by atoms with E-state index in [4.69, 9.17) is 4.98 Å². The number of hydrogen-bond acceptors (Lipinski definition) is 5. The Balaban J connectivity index is 1.64. The molecule has 1 atom stereocenters. The molecule has 1 fully saturated rings. The quantitative estimate of drug-likeness (QED) is 0.600. The van der Waals surface area contributed by atoms with Gasteiger partial charge in [-0.3, -0.25) is 9.69 Å². The van der Waals surface area contributed by atoms with E-state index < -0.39 is 10.0 Å². The number of rotatable bonds is 6. The number of nitrogens with zero attached hydrogens (tertiary/aromatic N) is 3. The molecule has 1 unspecified atom stereocenters. The van der Waals surface area contributed by atoms with Crippen LogP contribution in [0.4, 0.5) is 5.13 Å². The van der Waals surface area contributed by atoms with Gasteiger partial charge in [-0.05, 0) is 63.6 Å². The van der Waals surface area contributed by atoms with Gasteiger partial charge < -0.3 is 0 Å². The average molecular weight is 460 g/mol. The molecule has 0 saturated carbocycles. The zero-order chi connectivity index (χ0) is 22.0. The van der Waals surface area contributed by atoms with Gasteiger partial charge >= 0.3 is 0 Å². The summed E-state index contributed by atoms with van der Waals surface area (Å²) >= 11 is 1.56. The maximum atomic E-state index is 13.4. The third-order valence-electron chi connectivity index (χ3n) is 6.05. The summed E-state index contributed by atoms with van der Waals surface area (Å²) in [5.41, 5.74) is 1.43. The predicted octanol–water partition coefficient (Wildman–Crippen LogP) is 4.42. The first kappa shape index (κ1) is 22.2. The number of amides is 1. The lowest BCUT2D eigenvalue weighted by atomic mass is 10.0. The first-order chi connectivity index (χ1) is 14.9. The number of thiazole rings is 1. The number of carbonyl (C=O) groups is 1. The Morgan fingerprint density at radius 3 is 2.84 bits per heavy atom. The van der Waals surface area contributed by atoms with E-state index >= 15 is 0 Å². The van der Waals surface area contributed by atoms with E-state index in [9.17, 15) is 13.2 Å². The minimum absolute atomic E-state index is 0.0305. The summed E-state index contributed by atoms with van der Waals surface area (Å²) in [6.07, 6.45) is 8.67. The van der Waals surface area contributed by atoms with Crippen molar-refractivity contribution in [3.05, 3.63) is 53.1 Å². The van der Waals surface area contributed by atoms with Gasteiger partial charge in [-0.2, -0.15) is 4.31 Å². The Morgan fingerprint density at radius 1 is 1.29 bits per heavy atom. The second-order valence-electron chi connectivity index (χ2n) is 8.27. The number of benzene rings is 1. The summed E-state index contributed by atoms with van der Waals surface area (Å²) in [7, 11) is -3.64. The molecule has 1 aromatic heterocycles. The summed E-state index contributed by atoms with van der Waals surface area (Å²) in [5.74, 6) is -0.255. The van der Waals surface area contributed by atoms with Crippen LogP contribution in [-0.2, 0) is 22.9 Å². The highest BCUT2D eigenvalue weighted by atomic mass is 32.2. The molecule has 4 rings (SSSR count). The topological polar surface area (TPSA) is 70.6 Å². The van der Waals surface area contributed by atoms with Crippen molar-refractivity contribution >= 4 is 32.4 Å². The lowest BCUT2D eigenvalue weighted by Gasteiger charge is -2.32. The Labute approximate surface area is 188 Å². The zero-order valence-electron chi connectivity index (χ0n) is 17.9. The predicted molar refractivity (Wildman–Crippen MR) is 124 cm³/mol. The van der Waals surface area contributed by atoms with Crippen molar-refractivity contribution in [2.75, 3.05) is 18.0 Å². The van der Waals surface area contributed by atoms with Crippen LogP contribution in [-0.4, -0.2) is 42.7 Å². The van der Waals surface area contributed by atoms with Crippen LogP contribution in [0.2, 0.25) is 0 Å². The first-order valence-corrected chi connectivity index (χ1v) is 13.2. The van der Waals surface area contributed by atoms with Gasteiger partial charge in [0.2, 0.25) is 10.0 Å². The van der Waals surface area contributed by atoms with Crippen LogP contribution in [0.3, 0.4) is 0 Å². The minimum Gasteiger partial charge on any atom is -0.280 e. The molecule has 1 aliphatic heterocycles. The Hall–Kier alpha value is -2.03. The number of carbonyl (C=O) groups excluding carboxylic acids is 1. The second-order valence-corrected chi connectivity index (χ2v) is 11.2. The van der Waals surface area contributed by atoms with Crippen molar-refractivity contribution in [2.45, 2.75) is 62.8 Å². The van der Waals surface area contributed by atoms with Crippen molar-refractivity contribution in [3.63, 3.8) is 0 Å². The minimum atomic E-state index is -3.64. The van der Waals surface area contributed by atoms with Crippen molar-refractivity contribution in [1.29, 1.82) is 0 Å². The number of piperidine rings is 1. The third kappa shape index (κ3) is 4.47. The van der Waals surface area contributed by atoms with E-state index in [1.165, 1.54) is 10.9 Å². The standard InChI is InChI=1S/C23H29N3O3S2/c1-3-14-25(23-24-20-12-4-5-13-21(20)30-23)22(27)18-10-8-11-19(16-18)31(28,29)26-15-7-6-9-17(26)2/h3,8,10-11,16-17H,1,4-7,9,12-15H2,2H3. The summed E-state index contributed by atoms with van der Waals surface area (Å²) in [6, 6.07) is 6.37. The van der Waals surface area contributed by atoms with Gasteiger partial charge in [0.15, 0.2) is 5.13 Å². The maximum Gasteiger partial charge on any atom is 0.260 e. The molecular weight excluding hydrogens is 430 g/mol. The number of hydrogen-bond donors (Lipinski definition) is 0. The van der Waals surface area contributed by atoms with Gasteiger partial charge in [0, 0.05) is 29.6 Å². The maximum absolute atomic E-state index is 13.4. The van der Waals surface area contributed by atoms with Crippen LogP contribution in [0.1, 0.15) is 60.0 Å². The van der Waals surface area contributed by atoms with Gasteiger partial charge in [0.25, 0.3) is 5.91 Å². The summed E-state index contributed by atoms with van der Waals surface area (Å²) < 4.78 is 28.1. The molecular formula is C23H29N3O3S2. The number of anilines is 1. The lowest BCUT2D eigenvalue weighted by molar-refractivity contribution is 0.0989. The highest BCUT2D eigenvalue weighted by Gasteiger charge is 2.32. The van der Waals surface area contributed by atoms with Crippen LogP contribution >= 0.6 is 11.3 Å². The average Bonchev–Trinajstić information content (AvgIpc) is 3.21. The largest absolute Gasteiger partial charge is 0.280 e. The van der Waals surface area contributed by atoms with Gasteiger partial charge in [0.05, 0.1) is 10.6 Å². The number of fused-ring (bicyclic) bond motifs is 1. The zero-order valence-corrected chi connectivity index (χ0v) is 19.6. The van der Waals surface area contributed by atoms with Gasteiger partial charge in [0.1, 0.15) is 0 Å². The van der Waals surface area contributed by atoms with E-state index in [-0.39, 0.29) is 16.8 Å². The molecule has 1 amide bonds. The molecule has 31 heavy (non-hydrogen) atoms. The molecule has 0 radical (unpaired) electrons. The molecule has 1 aliphatic carbocycles. The molecule has 1 saturated heterocycles. The molecule has 2 aliphatic rings. The monoisotopic (exact) mass is 459 g/mol. The molecule has 1 aromatic carbocycles. The molecule has 8 heteroatoms. The number of aromatic nitrogens is 1. The van der Waals surface area contributed by atoms with Crippen LogP contribution in [0.5, 0.6) is 0 Å². The molecule has 166 valence electrons. The van der Waals surface area contributed by atoms with Crippen LogP contribution in [0.15, 0.2) is 41.8 Å². The first-order valence-electron chi connectivity index (χ1n) is 10.9. The summed E-state index contributed by atoms with van der Waals surface area (Å²) in [5, 5.41) is 0.662. The Morgan fingerprint density at radius 2 is 2.10 bits per heavy atom. The van der Waals surface area contributed by atoms with E-state index in [0.29, 0.717) is 23.8 Å². The molecule has 0 spiro atoms. The molecule has 6 nitrogen and oxygen atoms in total. The molecule has 2 aromatic rings. The highest BCUT2D eigenvalue weighted by molar-refractivity contribution is 7.89. The van der Waals surface area contributed by atoms with Gasteiger partial charge in [-0.15, -0.1) is 17.9 Å². The summed E-state index contributed by atoms with van der Waals surface area (Å²) in [4.78, 5) is 21.1. The Bertz CT molecular complexity index is 1050. The number of sulfonamides is 1. The van der Waals surface area contributed by atoms with Crippen molar-refractivity contribution in [2.24, 2.45) is 0 Å². The Kier molecular flexibility index (Phi) is 6.60. The summed E-state index contributed by atoms with van der Waals surface area (Å²) in [6.45, 7) is 6.58. The van der Waals surface area contributed by atoms with Crippen molar-refractivity contribution in [3.8, 4) is 0 Å². The van der Waals surface area contributed by atoms with Crippen LogP contribution < -0.4 is 4.90 Å². The second kappa shape index (κ2) is 9.22. The van der Waals surface area contributed by atoms with E-state index in [2.05, 4.69) is 6.58 Å². The SMILES string of the molecule is C=CCN(C(=O)c1cccc(S(=O)(=O)N2CCCCC2C)c1)c1nc2c(s1)CCCC2. The van der Waals surface area contributed by atoms with E-state index in [1.807, 2.05) is 6.92 Å². The van der Waals surface area contributed by atoms with E-state index in [1.54, 1.807) is 44.8 Å². The highest BCUT2D eigenvalue weighted by Crippen LogP contribution is 2.33. The smallest absolute Gasteiger partial charge is 0.260 e. The normalized spacial score (nSPS) is 19.6.